The van der Waals surface area contributed by atoms with E-state index in [-0.39, 0.29) is 10.7 Å². The van der Waals surface area contributed by atoms with Crippen LogP contribution in [0.15, 0.2) is 42.5 Å². The second kappa shape index (κ2) is 8.18. The van der Waals surface area contributed by atoms with E-state index < -0.39 is 11.8 Å². The smallest absolute Gasteiger partial charge is 0.319 e. The molecular formula is C18H19ClFN3O2. The minimum Gasteiger partial charge on any atom is -0.378 e. The van der Waals surface area contributed by atoms with Crippen LogP contribution < -0.4 is 15.5 Å². The molecule has 0 unspecified atom stereocenters. The summed E-state index contributed by atoms with van der Waals surface area (Å²) >= 11 is 5.68. The normalized spacial score (nSPS) is 14.2. The van der Waals surface area contributed by atoms with Gasteiger partial charge in [-0.3, -0.25) is 0 Å². The average Bonchev–Trinajstić information content (AvgIpc) is 2.63. The Morgan fingerprint density at radius 3 is 2.56 bits per heavy atom. The first-order chi connectivity index (χ1) is 12.1. The van der Waals surface area contributed by atoms with E-state index >= 15 is 0 Å². The molecule has 1 aliphatic heterocycles. The van der Waals surface area contributed by atoms with Crippen LogP contribution in [0.25, 0.3) is 0 Å². The monoisotopic (exact) mass is 363 g/mol. The van der Waals surface area contributed by atoms with Crippen molar-refractivity contribution in [3.63, 3.8) is 0 Å². The number of carbonyl (C=O) groups excluding carboxylic acids is 1. The van der Waals surface area contributed by atoms with Gasteiger partial charge in [0, 0.05) is 30.3 Å². The molecule has 25 heavy (non-hydrogen) atoms. The molecule has 7 heteroatoms. The van der Waals surface area contributed by atoms with Crippen molar-refractivity contribution in [2.24, 2.45) is 0 Å². The lowest BCUT2D eigenvalue weighted by molar-refractivity contribution is 0.122. The Balaban J connectivity index is 1.51. The number of carbonyl (C=O) groups is 1. The third-order valence-corrected chi connectivity index (χ3v) is 4.18. The van der Waals surface area contributed by atoms with E-state index in [9.17, 15) is 9.18 Å². The van der Waals surface area contributed by atoms with Crippen molar-refractivity contribution in [2.75, 3.05) is 36.5 Å². The van der Waals surface area contributed by atoms with Crippen molar-refractivity contribution >= 4 is 29.0 Å². The van der Waals surface area contributed by atoms with Gasteiger partial charge in [-0.15, -0.1) is 0 Å². The third-order valence-electron chi connectivity index (χ3n) is 3.94. The minimum absolute atomic E-state index is 0.0876. The highest BCUT2D eigenvalue weighted by atomic mass is 35.5. The van der Waals surface area contributed by atoms with Gasteiger partial charge in [-0.05, 0) is 35.9 Å². The van der Waals surface area contributed by atoms with E-state index in [2.05, 4.69) is 15.5 Å². The number of rotatable bonds is 4. The highest BCUT2D eigenvalue weighted by molar-refractivity contribution is 6.30. The van der Waals surface area contributed by atoms with E-state index in [1.165, 1.54) is 12.1 Å². The number of urea groups is 1. The number of nitrogens with zero attached hydrogens (tertiary/aromatic N) is 1. The van der Waals surface area contributed by atoms with Gasteiger partial charge >= 0.3 is 6.03 Å². The molecule has 3 rings (SSSR count). The quantitative estimate of drug-likeness (QED) is 0.872. The maximum Gasteiger partial charge on any atom is 0.319 e. The Hall–Kier alpha value is -2.31. The lowest BCUT2D eigenvalue weighted by Gasteiger charge is -2.28. The van der Waals surface area contributed by atoms with E-state index in [0.29, 0.717) is 6.54 Å². The zero-order chi connectivity index (χ0) is 17.6. The number of hydrogen-bond acceptors (Lipinski definition) is 3. The Morgan fingerprint density at radius 2 is 1.88 bits per heavy atom. The molecule has 1 saturated heterocycles. The van der Waals surface area contributed by atoms with Crippen LogP contribution in [0.5, 0.6) is 0 Å². The number of hydrogen-bond donors (Lipinski definition) is 2. The molecule has 132 valence electrons. The number of halogens is 2. The van der Waals surface area contributed by atoms with Crippen LogP contribution in [0, 0.1) is 5.82 Å². The largest absolute Gasteiger partial charge is 0.378 e. The molecule has 1 heterocycles. The minimum atomic E-state index is -0.572. The lowest BCUT2D eigenvalue weighted by Crippen LogP contribution is -2.36. The Labute approximate surface area is 150 Å². The molecule has 0 bridgehead atoms. The number of anilines is 2. The molecular weight excluding hydrogens is 345 g/mol. The van der Waals surface area contributed by atoms with Crippen molar-refractivity contribution in [2.45, 2.75) is 6.54 Å². The van der Waals surface area contributed by atoms with Gasteiger partial charge in [0.25, 0.3) is 0 Å². The fourth-order valence-electron chi connectivity index (χ4n) is 2.59. The molecule has 0 saturated carbocycles. The lowest BCUT2D eigenvalue weighted by atomic mass is 10.2. The van der Waals surface area contributed by atoms with Crippen molar-refractivity contribution in [1.29, 1.82) is 0 Å². The van der Waals surface area contributed by atoms with E-state index in [1.807, 2.05) is 24.3 Å². The van der Waals surface area contributed by atoms with E-state index in [0.717, 1.165) is 43.6 Å². The molecule has 0 radical (unpaired) electrons. The van der Waals surface area contributed by atoms with Crippen molar-refractivity contribution in [3.05, 3.63) is 58.9 Å². The van der Waals surface area contributed by atoms with Gasteiger partial charge in [0.2, 0.25) is 0 Å². The molecule has 2 amide bonds. The van der Waals surface area contributed by atoms with E-state index in [4.69, 9.17) is 16.3 Å². The highest BCUT2D eigenvalue weighted by Gasteiger charge is 2.11. The number of amides is 2. The molecule has 0 spiro atoms. The fourth-order valence-corrected chi connectivity index (χ4v) is 2.74. The van der Waals surface area contributed by atoms with Gasteiger partial charge in [0.05, 0.1) is 18.9 Å². The summed E-state index contributed by atoms with van der Waals surface area (Å²) < 4.78 is 19.0. The standard InChI is InChI=1S/C18H19ClFN3O2/c19-14-3-6-17(16(20)11-14)22-18(24)21-12-13-1-4-15(5-2-13)23-7-9-25-10-8-23/h1-6,11H,7-10,12H2,(H2,21,22,24). The summed E-state index contributed by atoms with van der Waals surface area (Å²) in [5, 5.41) is 5.45. The molecule has 1 fully saturated rings. The molecule has 1 aliphatic rings. The molecule has 0 aliphatic carbocycles. The topological polar surface area (TPSA) is 53.6 Å². The molecule has 2 aromatic carbocycles. The van der Waals surface area contributed by atoms with Crippen molar-refractivity contribution in [1.82, 2.24) is 5.32 Å². The summed E-state index contributed by atoms with van der Waals surface area (Å²) in [6.07, 6.45) is 0. The third kappa shape index (κ3) is 4.84. The van der Waals surface area contributed by atoms with Crippen molar-refractivity contribution < 1.29 is 13.9 Å². The zero-order valence-electron chi connectivity index (χ0n) is 13.6. The predicted octanol–water partition coefficient (Wildman–Crippen LogP) is 3.64. The van der Waals surface area contributed by atoms with Gasteiger partial charge in [0.1, 0.15) is 5.82 Å². The van der Waals surface area contributed by atoms with Crippen LogP contribution in [0.1, 0.15) is 5.56 Å². The molecule has 0 atom stereocenters. The Morgan fingerprint density at radius 1 is 1.16 bits per heavy atom. The van der Waals surface area contributed by atoms with Gasteiger partial charge < -0.3 is 20.3 Å². The van der Waals surface area contributed by atoms with Crippen molar-refractivity contribution in [3.8, 4) is 0 Å². The van der Waals surface area contributed by atoms with Crippen LogP contribution >= 0.6 is 11.6 Å². The van der Waals surface area contributed by atoms with Gasteiger partial charge in [0.15, 0.2) is 0 Å². The van der Waals surface area contributed by atoms with Gasteiger partial charge in [-0.2, -0.15) is 0 Å². The van der Waals surface area contributed by atoms with E-state index in [1.54, 1.807) is 0 Å². The van der Waals surface area contributed by atoms with Gasteiger partial charge in [-0.1, -0.05) is 23.7 Å². The fraction of sp³-hybridized carbons (Fsp3) is 0.278. The average molecular weight is 364 g/mol. The summed E-state index contributed by atoms with van der Waals surface area (Å²) in [5.41, 5.74) is 2.19. The SMILES string of the molecule is O=C(NCc1ccc(N2CCOCC2)cc1)Nc1ccc(Cl)cc1F. The number of nitrogens with one attached hydrogen (secondary N) is 2. The second-order valence-corrected chi connectivity index (χ2v) is 6.13. The summed E-state index contributed by atoms with van der Waals surface area (Å²) in [6.45, 7) is 3.60. The summed E-state index contributed by atoms with van der Waals surface area (Å²) in [7, 11) is 0. The van der Waals surface area contributed by atoms with Crippen LogP contribution in [0.4, 0.5) is 20.6 Å². The molecule has 0 aromatic heterocycles. The highest BCUT2D eigenvalue weighted by Crippen LogP contribution is 2.19. The van der Waals surface area contributed by atoms with Crippen LogP contribution in [-0.4, -0.2) is 32.3 Å². The Bertz CT molecular complexity index is 734. The first-order valence-electron chi connectivity index (χ1n) is 8.03. The van der Waals surface area contributed by atoms with Crippen LogP contribution in [0.3, 0.4) is 0 Å². The number of ether oxygens (including phenoxy) is 1. The predicted molar refractivity (Wildman–Crippen MR) is 96.7 cm³/mol. The van der Waals surface area contributed by atoms with Crippen LogP contribution in [-0.2, 0) is 11.3 Å². The number of morpholine rings is 1. The summed E-state index contributed by atoms with van der Waals surface area (Å²) in [5.74, 6) is -0.572. The van der Waals surface area contributed by atoms with Gasteiger partial charge in [-0.25, -0.2) is 9.18 Å². The maximum atomic E-state index is 13.7. The molecule has 2 N–H and O–H groups in total. The summed E-state index contributed by atoms with van der Waals surface area (Å²) in [4.78, 5) is 14.2. The summed E-state index contributed by atoms with van der Waals surface area (Å²) in [6, 6.07) is 11.6. The second-order valence-electron chi connectivity index (χ2n) is 5.70. The Kier molecular flexibility index (Phi) is 5.73. The first-order valence-corrected chi connectivity index (χ1v) is 8.41. The maximum absolute atomic E-state index is 13.7. The molecule has 2 aromatic rings. The molecule has 5 nitrogen and oxygen atoms in total. The van der Waals surface area contributed by atoms with Crippen LogP contribution in [0.2, 0.25) is 5.02 Å². The number of benzene rings is 2. The zero-order valence-corrected chi connectivity index (χ0v) is 14.4. The first kappa shape index (κ1) is 17.5.